The van der Waals surface area contributed by atoms with Gasteiger partial charge in [0.05, 0.1) is 6.10 Å². The minimum Gasteiger partial charge on any atom is -0.409 e. The lowest BCUT2D eigenvalue weighted by Crippen LogP contribution is -2.59. The molecule has 1 aliphatic heterocycles. The molecule has 1 atom stereocenters. The van der Waals surface area contributed by atoms with E-state index in [0.717, 1.165) is 15.6 Å². The van der Waals surface area contributed by atoms with Crippen molar-refractivity contribution in [2.75, 3.05) is 0 Å². The number of hydroxylamine groups is 2. The zero-order valence-corrected chi connectivity index (χ0v) is 20.1. The fraction of sp³-hybridized carbons (Fsp3) is 0.571. The Morgan fingerprint density at radius 1 is 1.16 bits per heavy atom. The number of rotatable bonds is 7. The lowest BCUT2D eigenvalue weighted by atomic mass is 9.80. The second kappa shape index (κ2) is 8.59. The van der Waals surface area contributed by atoms with Gasteiger partial charge in [-0.05, 0) is 62.6 Å². The SMILES string of the molecule is CC(C)c1nc([N+](=O)[O-])cn1P(=O)(Oc1ccccc1)OC1CC(C)(C)N([O])C(C)(C)C1. The van der Waals surface area contributed by atoms with Crippen LogP contribution in [0.2, 0.25) is 0 Å². The van der Waals surface area contributed by atoms with E-state index in [1.165, 1.54) is 0 Å². The third-order valence-corrected chi connectivity index (χ3v) is 7.32. The van der Waals surface area contributed by atoms with Gasteiger partial charge in [-0.25, -0.2) is 8.90 Å². The number of para-hydroxylation sites is 1. The Hall–Kier alpha value is -2.26. The van der Waals surface area contributed by atoms with Crippen LogP contribution in [0.15, 0.2) is 36.5 Å². The summed E-state index contributed by atoms with van der Waals surface area (Å²) in [5.41, 5.74) is -1.52. The molecule has 3 rings (SSSR count). The van der Waals surface area contributed by atoms with Gasteiger partial charge in [-0.2, -0.15) is 0 Å². The summed E-state index contributed by atoms with van der Waals surface area (Å²) < 4.78 is 27.5. The van der Waals surface area contributed by atoms with E-state index in [9.17, 15) is 19.9 Å². The van der Waals surface area contributed by atoms with Crippen molar-refractivity contribution in [1.29, 1.82) is 0 Å². The Kier molecular flexibility index (Phi) is 6.55. The standard InChI is InChI=1S/C21H30N4O6P/c1-15(2)19-22-18(24(26)27)14-23(19)32(29,30-16-10-8-7-9-11-16)31-17-12-20(3,4)25(28)21(5,6)13-17/h7-11,14-15,17H,12-13H2,1-6H3. The van der Waals surface area contributed by atoms with Gasteiger partial charge in [0.2, 0.25) is 5.82 Å². The normalized spacial score (nSPS) is 20.8. The Morgan fingerprint density at radius 3 is 2.22 bits per heavy atom. The average molecular weight is 465 g/mol. The predicted octanol–water partition coefficient (Wildman–Crippen LogP) is 5.33. The van der Waals surface area contributed by atoms with Crippen LogP contribution in [0.3, 0.4) is 0 Å². The van der Waals surface area contributed by atoms with Crippen molar-refractivity contribution in [1.82, 2.24) is 14.4 Å². The van der Waals surface area contributed by atoms with Gasteiger partial charge >= 0.3 is 13.6 Å². The zero-order valence-electron chi connectivity index (χ0n) is 19.2. The summed E-state index contributed by atoms with van der Waals surface area (Å²) in [4.78, 5) is 14.8. The molecule has 32 heavy (non-hydrogen) atoms. The van der Waals surface area contributed by atoms with Crippen LogP contribution < -0.4 is 4.52 Å². The van der Waals surface area contributed by atoms with Gasteiger partial charge in [-0.3, -0.25) is 4.52 Å². The van der Waals surface area contributed by atoms with E-state index in [4.69, 9.17) is 9.05 Å². The summed E-state index contributed by atoms with van der Waals surface area (Å²) in [6.45, 7) is 10.8. The Morgan fingerprint density at radius 2 is 1.72 bits per heavy atom. The maximum Gasteiger partial charge on any atom is 0.496 e. The molecular weight excluding hydrogens is 435 g/mol. The number of piperidine rings is 1. The highest BCUT2D eigenvalue weighted by molar-refractivity contribution is 7.52. The number of nitro groups is 1. The van der Waals surface area contributed by atoms with Crippen LogP contribution in [0.5, 0.6) is 5.75 Å². The maximum atomic E-state index is 14.3. The van der Waals surface area contributed by atoms with E-state index in [1.807, 2.05) is 27.7 Å². The van der Waals surface area contributed by atoms with E-state index in [1.54, 1.807) is 44.2 Å². The van der Waals surface area contributed by atoms with Crippen LogP contribution in [-0.2, 0) is 14.3 Å². The van der Waals surface area contributed by atoms with Crippen LogP contribution in [0.1, 0.15) is 66.1 Å². The van der Waals surface area contributed by atoms with E-state index in [-0.39, 0.29) is 11.7 Å². The van der Waals surface area contributed by atoms with Crippen LogP contribution in [0, 0.1) is 10.1 Å². The number of aromatic nitrogens is 2. The van der Waals surface area contributed by atoms with Crippen molar-refractivity contribution in [3.8, 4) is 5.75 Å². The molecule has 0 aliphatic carbocycles. The first-order valence-corrected chi connectivity index (χ1v) is 12.0. The first-order valence-electron chi connectivity index (χ1n) is 10.5. The van der Waals surface area contributed by atoms with Crippen molar-refractivity contribution < 1.29 is 23.7 Å². The molecule has 2 heterocycles. The van der Waals surface area contributed by atoms with Crippen LogP contribution >= 0.6 is 7.75 Å². The summed E-state index contributed by atoms with van der Waals surface area (Å²) >= 11 is 0. The summed E-state index contributed by atoms with van der Waals surface area (Å²) in [6.07, 6.45) is 1.14. The summed E-state index contributed by atoms with van der Waals surface area (Å²) in [7, 11) is -4.18. The summed E-state index contributed by atoms with van der Waals surface area (Å²) in [5, 5.41) is 25.2. The number of nitrogens with zero attached hydrogens (tertiary/aromatic N) is 4. The smallest absolute Gasteiger partial charge is 0.409 e. The van der Waals surface area contributed by atoms with Gasteiger partial charge in [0.15, 0.2) is 0 Å². The van der Waals surface area contributed by atoms with E-state index in [2.05, 4.69) is 4.98 Å². The highest BCUT2D eigenvalue weighted by Crippen LogP contribution is 2.55. The molecule has 1 aromatic carbocycles. The van der Waals surface area contributed by atoms with E-state index < -0.39 is 35.7 Å². The lowest BCUT2D eigenvalue weighted by molar-refractivity contribution is -0.389. The molecule has 2 aromatic rings. The topological polar surface area (TPSA) is 120 Å². The number of imidazole rings is 1. The third-order valence-electron chi connectivity index (χ3n) is 5.47. The lowest BCUT2D eigenvalue weighted by Gasteiger charge is -2.49. The number of hydrogen-bond acceptors (Lipinski definition) is 7. The molecule has 0 bridgehead atoms. The molecule has 0 saturated carbocycles. The fourth-order valence-corrected chi connectivity index (χ4v) is 6.13. The van der Waals surface area contributed by atoms with Gasteiger partial charge in [0.1, 0.15) is 11.9 Å². The second-order valence-corrected chi connectivity index (χ2v) is 11.4. The molecule has 1 saturated heterocycles. The molecule has 10 nitrogen and oxygen atoms in total. The van der Waals surface area contributed by atoms with Crippen molar-refractivity contribution in [3.63, 3.8) is 0 Å². The van der Waals surface area contributed by atoms with Gasteiger partial charge in [0.25, 0.3) is 0 Å². The second-order valence-electron chi connectivity index (χ2n) is 9.64. The molecule has 0 spiro atoms. The predicted molar refractivity (Wildman–Crippen MR) is 118 cm³/mol. The summed E-state index contributed by atoms with van der Waals surface area (Å²) in [5.74, 6) is -0.210. The number of hydrogen-bond donors (Lipinski definition) is 0. The molecule has 1 fully saturated rings. The van der Waals surface area contributed by atoms with Crippen LogP contribution in [-0.4, -0.2) is 36.5 Å². The van der Waals surface area contributed by atoms with E-state index in [0.29, 0.717) is 18.6 Å². The van der Waals surface area contributed by atoms with Crippen molar-refractivity contribution >= 4 is 13.6 Å². The van der Waals surface area contributed by atoms with Gasteiger partial charge < -0.3 is 14.6 Å². The van der Waals surface area contributed by atoms with Crippen LogP contribution in [0.25, 0.3) is 0 Å². The molecule has 0 N–H and O–H groups in total. The molecule has 1 aromatic heterocycles. The Balaban J connectivity index is 2.07. The number of benzene rings is 1. The van der Waals surface area contributed by atoms with Gasteiger partial charge in [0, 0.05) is 17.0 Å². The monoisotopic (exact) mass is 465 g/mol. The highest BCUT2D eigenvalue weighted by Gasteiger charge is 2.50. The zero-order chi connectivity index (χ0) is 23.9. The van der Waals surface area contributed by atoms with Crippen molar-refractivity contribution in [3.05, 3.63) is 52.5 Å². The fourth-order valence-electron chi connectivity index (χ4n) is 4.22. The average Bonchev–Trinajstić information content (AvgIpc) is 3.13. The largest absolute Gasteiger partial charge is 0.496 e. The Labute approximate surface area is 187 Å². The minimum atomic E-state index is -4.18. The molecular formula is C21H30N4O6P. The molecule has 1 aliphatic rings. The minimum absolute atomic E-state index is 0.218. The van der Waals surface area contributed by atoms with Crippen LogP contribution in [0.4, 0.5) is 5.82 Å². The first-order chi connectivity index (χ1) is 14.7. The van der Waals surface area contributed by atoms with Gasteiger partial charge in [-0.15, -0.1) is 10.3 Å². The molecule has 1 unspecified atom stereocenters. The van der Waals surface area contributed by atoms with Crippen molar-refractivity contribution in [2.24, 2.45) is 0 Å². The molecule has 1 radical (unpaired) electrons. The first kappa shape index (κ1) is 24.4. The summed E-state index contributed by atoms with van der Waals surface area (Å²) in [6, 6.07) is 8.49. The molecule has 0 amide bonds. The third kappa shape index (κ3) is 4.88. The highest BCUT2D eigenvalue weighted by atomic mass is 31.2. The van der Waals surface area contributed by atoms with Gasteiger partial charge in [-0.1, -0.05) is 32.0 Å². The maximum absolute atomic E-state index is 14.3. The van der Waals surface area contributed by atoms with E-state index >= 15 is 0 Å². The Bertz CT molecular complexity index is 1000. The van der Waals surface area contributed by atoms with Crippen molar-refractivity contribution in [2.45, 2.75) is 77.5 Å². The molecule has 11 heteroatoms. The molecule has 175 valence electrons. The quantitative estimate of drug-likeness (QED) is 0.308.